The zero-order valence-electron chi connectivity index (χ0n) is 9.59. The number of hydrogen-bond donors (Lipinski definition) is 1. The second-order valence-corrected chi connectivity index (χ2v) is 3.91. The van der Waals surface area contributed by atoms with E-state index < -0.39 is 0 Å². The molecule has 0 amide bonds. The van der Waals surface area contributed by atoms with Gasteiger partial charge in [0.25, 0.3) is 0 Å². The van der Waals surface area contributed by atoms with Gasteiger partial charge in [0.05, 0.1) is 0 Å². The standard InChI is InChI=1S/C11H18N4S/c1-3-4-5-10(13-2)14-6-8-15(9-7-14)11(12)16/h3-5H,1,6-9H2,2H3,(H2,12,16)/b5-4-,13-10?. The second kappa shape index (κ2) is 6.27. The molecule has 0 spiro atoms. The van der Waals surface area contributed by atoms with Crippen LogP contribution in [0.25, 0.3) is 0 Å². The number of allylic oxidation sites excluding steroid dienone is 2. The second-order valence-electron chi connectivity index (χ2n) is 3.49. The van der Waals surface area contributed by atoms with Crippen molar-refractivity contribution in [1.82, 2.24) is 9.80 Å². The lowest BCUT2D eigenvalue weighted by atomic mass is 10.3. The van der Waals surface area contributed by atoms with Gasteiger partial charge in [0.2, 0.25) is 0 Å². The minimum Gasteiger partial charge on any atom is -0.376 e. The zero-order valence-corrected chi connectivity index (χ0v) is 10.4. The van der Waals surface area contributed by atoms with Gasteiger partial charge in [-0.2, -0.15) is 0 Å². The van der Waals surface area contributed by atoms with Gasteiger partial charge in [0, 0.05) is 33.2 Å². The highest BCUT2D eigenvalue weighted by Crippen LogP contribution is 2.03. The van der Waals surface area contributed by atoms with E-state index in [1.165, 1.54) is 0 Å². The molecule has 0 aromatic carbocycles. The van der Waals surface area contributed by atoms with Gasteiger partial charge in [-0.25, -0.2) is 0 Å². The normalized spacial score (nSPS) is 17.9. The van der Waals surface area contributed by atoms with E-state index in [1.54, 1.807) is 13.1 Å². The van der Waals surface area contributed by atoms with E-state index in [9.17, 15) is 0 Å². The number of aliphatic imine (C=N–C) groups is 1. The van der Waals surface area contributed by atoms with Crippen molar-refractivity contribution in [2.45, 2.75) is 0 Å². The molecule has 1 saturated heterocycles. The minimum absolute atomic E-state index is 0.483. The van der Waals surface area contributed by atoms with Gasteiger partial charge in [-0.05, 0) is 18.3 Å². The fourth-order valence-corrected chi connectivity index (χ4v) is 1.81. The Balaban J connectivity index is 2.55. The third-order valence-corrected chi connectivity index (χ3v) is 2.78. The summed E-state index contributed by atoms with van der Waals surface area (Å²) in [5, 5.41) is 0.483. The van der Waals surface area contributed by atoms with Crippen LogP contribution in [0.4, 0.5) is 0 Å². The van der Waals surface area contributed by atoms with E-state index in [4.69, 9.17) is 18.0 Å². The largest absolute Gasteiger partial charge is 0.376 e. The van der Waals surface area contributed by atoms with Crippen LogP contribution in [0.2, 0.25) is 0 Å². The molecule has 1 rings (SSSR count). The van der Waals surface area contributed by atoms with Crippen LogP contribution in [0, 0.1) is 0 Å². The highest BCUT2D eigenvalue weighted by atomic mass is 32.1. The maximum absolute atomic E-state index is 5.58. The Kier molecular flexibility index (Phi) is 4.98. The maximum Gasteiger partial charge on any atom is 0.166 e. The molecule has 4 nitrogen and oxygen atoms in total. The molecule has 0 aliphatic carbocycles. The van der Waals surface area contributed by atoms with Crippen LogP contribution in [0.1, 0.15) is 0 Å². The first-order chi connectivity index (χ1) is 7.69. The molecule has 2 N–H and O–H groups in total. The topological polar surface area (TPSA) is 44.9 Å². The lowest BCUT2D eigenvalue weighted by Crippen LogP contribution is -2.51. The van der Waals surface area contributed by atoms with E-state index in [0.29, 0.717) is 5.11 Å². The van der Waals surface area contributed by atoms with Gasteiger partial charge in [-0.15, -0.1) is 0 Å². The Morgan fingerprint density at radius 1 is 1.31 bits per heavy atom. The summed E-state index contributed by atoms with van der Waals surface area (Å²) in [6.07, 6.45) is 5.60. The number of hydrogen-bond acceptors (Lipinski definition) is 2. The van der Waals surface area contributed by atoms with Crippen LogP contribution in [0.15, 0.2) is 29.8 Å². The number of nitrogens with zero attached hydrogens (tertiary/aromatic N) is 3. The zero-order chi connectivity index (χ0) is 12.0. The van der Waals surface area contributed by atoms with Crippen molar-refractivity contribution in [2.75, 3.05) is 33.2 Å². The molecular weight excluding hydrogens is 220 g/mol. The average Bonchev–Trinajstić information content (AvgIpc) is 2.30. The molecule has 0 radical (unpaired) electrons. The molecule has 0 atom stereocenters. The molecule has 0 aromatic rings. The van der Waals surface area contributed by atoms with Gasteiger partial charge in [-0.1, -0.05) is 18.7 Å². The number of nitrogens with two attached hydrogens (primary N) is 1. The molecule has 1 fully saturated rings. The van der Waals surface area contributed by atoms with E-state index in [2.05, 4.69) is 16.5 Å². The van der Waals surface area contributed by atoms with E-state index in [-0.39, 0.29) is 0 Å². The number of thiocarbonyl (C=S) groups is 1. The van der Waals surface area contributed by atoms with Crippen LogP contribution in [-0.4, -0.2) is 54.0 Å². The fourth-order valence-electron chi connectivity index (χ4n) is 1.63. The van der Waals surface area contributed by atoms with Gasteiger partial charge < -0.3 is 15.5 Å². The first-order valence-corrected chi connectivity index (χ1v) is 5.65. The molecule has 0 saturated carbocycles. The number of piperazine rings is 1. The molecular formula is C11H18N4S. The third-order valence-electron chi connectivity index (χ3n) is 2.53. The lowest BCUT2D eigenvalue weighted by Gasteiger charge is -2.36. The van der Waals surface area contributed by atoms with Crippen LogP contribution < -0.4 is 5.73 Å². The van der Waals surface area contributed by atoms with Crippen LogP contribution in [-0.2, 0) is 0 Å². The minimum atomic E-state index is 0.483. The summed E-state index contributed by atoms with van der Waals surface area (Å²) in [4.78, 5) is 8.47. The Bertz CT molecular complexity index is 314. The molecule has 1 heterocycles. The maximum atomic E-state index is 5.58. The van der Waals surface area contributed by atoms with Gasteiger partial charge >= 0.3 is 0 Å². The quantitative estimate of drug-likeness (QED) is 0.331. The Morgan fingerprint density at radius 3 is 2.31 bits per heavy atom. The number of rotatable bonds is 2. The highest BCUT2D eigenvalue weighted by molar-refractivity contribution is 7.80. The van der Waals surface area contributed by atoms with Gasteiger partial charge in [-0.3, -0.25) is 4.99 Å². The summed E-state index contributed by atoms with van der Waals surface area (Å²) < 4.78 is 0. The first-order valence-electron chi connectivity index (χ1n) is 5.24. The van der Waals surface area contributed by atoms with Crippen molar-refractivity contribution >= 4 is 23.2 Å². The smallest absolute Gasteiger partial charge is 0.166 e. The summed E-state index contributed by atoms with van der Waals surface area (Å²) in [7, 11) is 1.79. The van der Waals surface area contributed by atoms with Crippen molar-refractivity contribution < 1.29 is 0 Å². The molecule has 1 aliphatic rings. The monoisotopic (exact) mass is 238 g/mol. The van der Waals surface area contributed by atoms with Crippen LogP contribution in [0.5, 0.6) is 0 Å². The summed E-state index contributed by atoms with van der Waals surface area (Å²) in [6.45, 7) is 7.15. The summed E-state index contributed by atoms with van der Waals surface area (Å²) in [5.74, 6) is 0.975. The van der Waals surface area contributed by atoms with Crippen LogP contribution in [0.3, 0.4) is 0 Å². The van der Waals surface area contributed by atoms with Crippen molar-refractivity contribution in [3.8, 4) is 0 Å². The predicted octanol–water partition coefficient (Wildman–Crippen LogP) is 0.618. The van der Waals surface area contributed by atoms with E-state index in [1.807, 2.05) is 17.1 Å². The van der Waals surface area contributed by atoms with Crippen molar-refractivity contribution in [3.63, 3.8) is 0 Å². The molecule has 0 aromatic heterocycles. The van der Waals surface area contributed by atoms with Crippen molar-refractivity contribution in [1.29, 1.82) is 0 Å². The van der Waals surface area contributed by atoms with Crippen molar-refractivity contribution in [3.05, 3.63) is 24.8 Å². The molecule has 5 heteroatoms. The Morgan fingerprint density at radius 2 is 1.88 bits per heavy atom. The summed E-state index contributed by atoms with van der Waals surface area (Å²) in [6, 6.07) is 0. The third kappa shape index (κ3) is 3.34. The lowest BCUT2D eigenvalue weighted by molar-refractivity contribution is 0.261. The first kappa shape index (κ1) is 12.7. The molecule has 88 valence electrons. The average molecular weight is 238 g/mol. The predicted molar refractivity (Wildman–Crippen MR) is 72.6 cm³/mol. The molecule has 0 unspecified atom stereocenters. The van der Waals surface area contributed by atoms with Gasteiger partial charge in [0.1, 0.15) is 5.84 Å². The van der Waals surface area contributed by atoms with Gasteiger partial charge in [0.15, 0.2) is 5.11 Å². The van der Waals surface area contributed by atoms with E-state index >= 15 is 0 Å². The Labute approximate surface area is 102 Å². The molecule has 1 aliphatic heterocycles. The fraction of sp³-hybridized carbons (Fsp3) is 0.455. The van der Waals surface area contributed by atoms with E-state index in [0.717, 1.165) is 32.0 Å². The SMILES string of the molecule is C=C/C=C\C(=NC)N1CCN(C(N)=S)CC1. The van der Waals surface area contributed by atoms with Crippen molar-refractivity contribution in [2.24, 2.45) is 10.7 Å². The molecule has 16 heavy (non-hydrogen) atoms. The Hall–Kier alpha value is -1.36. The van der Waals surface area contributed by atoms with Crippen LogP contribution >= 0.6 is 12.2 Å². The summed E-state index contributed by atoms with van der Waals surface area (Å²) in [5.41, 5.74) is 5.58. The highest BCUT2D eigenvalue weighted by Gasteiger charge is 2.18. The summed E-state index contributed by atoms with van der Waals surface area (Å²) >= 11 is 4.95. The molecule has 0 bridgehead atoms. The number of amidine groups is 1.